The number of carbonyl (C=O) groups is 4. The van der Waals surface area contributed by atoms with Crippen LogP contribution in [0, 0.1) is 11.8 Å². The number of imidazole rings is 2. The van der Waals surface area contributed by atoms with Crippen molar-refractivity contribution in [2.24, 2.45) is 17.6 Å². The Morgan fingerprint density at radius 2 is 1.73 bits per heavy atom. The lowest BCUT2D eigenvalue weighted by atomic mass is 9.92. The molecule has 6 N–H and O–H groups in total. The molecular weight excluding hydrogens is 787 g/mol. The molecule has 0 radical (unpaired) electrons. The Morgan fingerprint density at radius 1 is 0.919 bits per heavy atom. The van der Waals surface area contributed by atoms with Gasteiger partial charge in [0.1, 0.15) is 36.1 Å². The predicted octanol–water partition coefficient (Wildman–Crippen LogP) is 6.78. The van der Waals surface area contributed by atoms with Gasteiger partial charge in [-0.15, -0.1) is 0 Å². The summed E-state index contributed by atoms with van der Waals surface area (Å²) < 4.78 is 12.2. The Morgan fingerprint density at radius 3 is 2.47 bits per heavy atom. The first-order valence-corrected chi connectivity index (χ1v) is 22.2. The molecule has 0 saturated carbocycles. The summed E-state index contributed by atoms with van der Waals surface area (Å²) >= 11 is 0. The van der Waals surface area contributed by atoms with E-state index in [1.54, 1.807) is 0 Å². The van der Waals surface area contributed by atoms with E-state index in [4.69, 9.17) is 25.2 Å². The molecule has 3 aromatic carbocycles. The third-order valence-corrected chi connectivity index (χ3v) is 13.6. The maximum absolute atomic E-state index is 14.4. The minimum Gasteiger partial charge on any atom is -0.488 e. The summed E-state index contributed by atoms with van der Waals surface area (Å²) in [5.41, 5.74) is 12.3. The average molecular weight is 844 g/mol. The normalized spacial score (nSPS) is 23.2. The average Bonchev–Trinajstić information content (AvgIpc) is 4.09. The molecule has 326 valence electrons. The number of urea groups is 1. The number of carbonyl (C=O) groups excluding carboxylic acids is 4. The van der Waals surface area contributed by atoms with Gasteiger partial charge < -0.3 is 45.6 Å². The minimum atomic E-state index is -0.767. The minimum absolute atomic E-state index is 0.00687. The number of H-pyrrole nitrogens is 2. The van der Waals surface area contributed by atoms with E-state index in [0.717, 1.165) is 112 Å². The number of amides is 5. The van der Waals surface area contributed by atoms with Crippen molar-refractivity contribution in [3.63, 3.8) is 0 Å². The number of hydrogen-bond acceptors (Lipinski definition) is 8. The first-order valence-electron chi connectivity index (χ1n) is 22.2. The second kappa shape index (κ2) is 16.7. The Labute approximate surface area is 360 Å². The first kappa shape index (κ1) is 41.4. The summed E-state index contributed by atoms with van der Waals surface area (Å²) in [6, 6.07) is 12.2. The van der Waals surface area contributed by atoms with Crippen molar-refractivity contribution >= 4 is 45.6 Å². The SMILES string of the molecule is CCC1CCC(c2nc3c(ccc4cc5c(cc43)OCc3cc(-c4cnc(C6CCC(C)N6C(=O)C(NC(C)=O)C(C)C)[nH]4)ccc3-5)[nH]2)N1C(=O)C(NC(N)=O)C1CCCOC1. The molecule has 9 rings (SSSR count). The van der Waals surface area contributed by atoms with Gasteiger partial charge in [0, 0.05) is 42.5 Å². The van der Waals surface area contributed by atoms with Gasteiger partial charge in [0.2, 0.25) is 17.7 Å². The fourth-order valence-corrected chi connectivity index (χ4v) is 10.4. The lowest BCUT2D eigenvalue weighted by Crippen LogP contribution is -2.56. The molecule has 3 saturated heterocycles. The van der Waals surface area contributed by atoms with E-state index in [-0.39, 0.29) is 53.7 Å². The van der Waals surface area contributed by atoms with Crippen LogP contribution in [0.4, 0.5) is 4.79 Å². The molecule has 4 aliphatic heterocycles. The summed E-state index contributed by atoms with van der Waals surface area (Å²) in [6.07, 6.45) is 7.43. The highest BCUT2D eigenvalue weighted by Crippen LogP contribution is 2.44. The van der Waals surface area contributed by atoms with Gasteiger partial charge in [0.05, 0.1) is 41.6 Å². The molecule has 6 heterocycles. The number of primary amides is 1. The number of nitrogens with two attached hydrogens (primary N) is 1. The quantitative estimate of drug-likeness (QED) is 0.101. The lowest BCUT2D eigenvalue weighted by Gasteiger charge is -2.36. The van der Waals surface area contributed by atoms with E-state index in [2.05, 4.69) is 70.8 Å². The Balaban J connectivity index is 0.976. The highest BCUT2D eigenvalue weighted by atomic mass is 16.5. The molecule has 0 bridgehead atoms. The molecule has 62 heavy (non-hydrogen) atoms. The smallest absolute Gasteiger partial charge is 0.312 e. The number of aromatic amines is 2. The number of fused-ring (bicyclic) bond motifs is 6. The highest BCUT2D eigenvalue weighted by molar-refractivity contribution is 6.07. The maximum Gasteiger partial charge on any atom is 0.312 e. The van der Waals surface area contributed by atoms with E-state index >= 15 is 0 Å². The van der Waals surface area contributed by atoms with Crippen LogP contribution in [0.2, 0.25) is 0 Å². The van der Waals surface area contributed by atoms with Crippen molar-refractivity contribution in [3.05, 3.63) is 65.9 Å². The van der Waals surface area contributed by atoms with Crippen LogP contribution in [-0.2, 0) is 25.7 Å². The Bertz CT molecular complexity index is 2540. The van der Waals surface area contributed by atoms with E-state index in [1.807, 2.05) is 35.9 Å². The van der Waals surface area contributed by atoms with Gasteiger partial charge in [-0.2, -0.15) is 0 Å². The molecule has 3 fully saturated rings. The van der Waals surface area contributed by atoms with Crippen molar-refractivity contribution in [3.8, 4) is 28.1 Å². The Kier molecular flexibility index (Phi) is 11.2. The molecule has 7 atom stereocenters. The number of nitrogens with zero attached hydrogens (tertiary/aromatic N) is 4. The number of nitrogens with one attached hydrogen (secondary N) is 4. The van der Waals surface area contributed by atoms with Crippen molar-refractivity contribution in [1.82, 2.24) is 40.4 Å². The van der Waals surface area contributed by atoms with Gasteiger partial charge >= 0.3 is 6.03 Å². The van der Waals surface area contributed by atoms with E-state index in [1.165, 1.54) is 6.92 Å². The number of likely N-dealkylation sites (tertiary alicyclic amines) is 2. The molecule has 0 aliphatic carbocycles. The topological polar surface area (TPSA) is 201 Å². The van der Waals surface area contributed by atoms with Crippen LogP contribution < -0.4 is 21.1 Å². The maximum atomic E-state index is 14.4. The van der Waals surface area contributed by atoms with Gasteiger partial charge in [-0.3, -0.25) is 14.4 Å². The number of rotatable bonds is 10. The number of ether oxygens (including phenoxy) is 2. The van der Waals surface area contributed by atoms with Crippen LogP contribution in [-0.4, -0.2) is 90.9 Å². The standard InChI is InChI=1S/C47H57N9O6/c1-6-31-12-16-38(56(31)46(59)41(54-47(48)60)29-8-7-17-61-22-29)44-51-35-14-11-27-19-34-32-13-10-28(18-30(32)23-62-39(34)20-33(27)42(35)53-44)36-21-49-43(52-36)37-15-9-25(4)55(37)45(58)40(24(2)3)50-26(5)57/h10-11,13-14,18-21,24-25,29,31,37-38,40-41H,6-9,12,15-17,22-23H2,1-5H3,(H,49,52)(H,50,57)(H,51,53)(H3,48,54,60). The molecule has 15 nitrogen and oxygen atoms in total. The van der Waals surface area contributed by atoms with Crippen molar-refractivity contribution in [2.75, 3.05) is 13.2 Å². The third-order valence-electron chi connectivity index (χ3n) is 13.6. The Hall–Kier alpha value is -5.96. The van der Waals surface area contributed by atoms with Crippen LogP contribution in [0.3, 0.4) is 0 Å². The predicted molar refractivity (Wildman–Crippen MR) is 235 cm³/mol. The van der Waals surface area contributed by atoms with Crippen LogP contribution in [0.1, 0.15) is 109 Å². The molecule has 2 aromatic heterocycles. The molecule has 7 unspecified atom stereocenters. The fourth-order valence-electron chi connectivity index (χ4n) is 10.4. The van der Waals surface area contributed by atoms with Crippen molar-refractivity contribution < 1.29 is 28.7 Å². The van der Waals surface area contributed by atoms with Crippen molar-refractivity contribution in [2.45, 2.75) is 122 Å². The van der Waals surface area contributed by atoms with Gasteiger partial charge in [0.25, 0.3) is 0 Å². The first-order chi connectivity index (χ1) is 29.9. The second-order valence-corrected chi connectivity index (χ2v) is 18.0. The van der Waals surface area contributed by atoms with E-state index in [9.17, 15) is 19.2 Å². The van der Waals surface area contributed by atoms with Gasteiger partial charge in [-0.1, -0.05) is 39.0 Å². The fraction of sp³-hybridized carbons (Fsp3) is 0.489. The molecule has 0 spiro atoms. The largest absolute Gasteiger partial charge is 0.488 e. The summed E-state index contributed by atoms with van der Waals surface area (Å²) in [7, 11) is 0. The van der Waals surface area contributed by atoms with Crippen LogP contribution in [0.5, 0.6) is 5.75 Å². The monoisotopic (exact) mass is 843 g/mol. The molecule has 4 aliphatic rings. The molecule has 5 amide bonds. The summed E-state index contributed by atoms with van der Waals surface area (Å²) in [6.45, 7) is 10.9. The van der Waals surface area contributed by atoms with E-state index < -0.39 is 18.1 Å². The summed E-state index contributed by atoms with van der Waals surface area (Å²) in [5.74, 6) is 1.58. The van der Waals surface area contributed by atoms with E-state index in [0.29, 0.717) is 19.8 Å². The number of benzene rings is 3. The molecule has 5 aromatic rings. The zero-order chi connectivity index (χ0) is 43.4. The molecule has 15 heteroatoms. The van der Waals surface area contributed by atoms with Crippen LogP contribution in [0.25, 0.3) is 44.2 Å². The summed E-state index contributed by atoms with van der Waals surface area (Å²) in [5, 5.41) is 7.60. The second-order valence-electron chi connectivity index (χ2n) is 18.0. The van der Waals surface area contributed by atoms with Gasteiger partial charge in [0.15, 0.2) is 0 Å². The van der Waals surface area contributed by atoms with Crippen LogP contribution in [0.15, 0.2) is 48.7 Å². The molecular formula is C47H57N9O6. The van der Waals surface area contributed by atoms with Crippen molar-refractivity contribution in [1.29, 1.82) is 0 Å². The highest BCUT2D eigenvalue weighted by Gasteiger charge is 2.44. The third kappa shape index (κ3) is 7.54. The van der Waals surface area contributed by atoms with Gasteiger partial charge in [-0.05, 0) is 104 Å². The van der Waals surface area contributed by atoms with Gasteiger partial charge in [-0.25, -0.2) is 14.8 Å². The number of aromatic nitrogens is 4. The van der Waals surface area contributed by atoms with Crippen LogP contribution >= 0.6 is 0 Å². The summed E-state index contributed by atoms with van der Waals surface area (Å²) in [4.78, 5) is 73.2. The zero-order valence-electron chi connectivity index (χ0n) is 36.1. The lowest BCUT2D eigenvalue weighted by molar-refractivity contribution is -0.140. The zero-order valence-corrected chi connectivity index (χ0v) is 36.1. The number of hydrogen-bond donors (Lipinski definition) is 5.